The number of nitrogens with zero attached hydrogens (tertiary/aromatic N) is 2. The van der Waals surface area contributed by atoms with Crippen molar-refractivity contribution in [3.05, 3.63) is 18.2 Å². The number of hydrogen-bond acceptors (Lipinski definition) is 8. The maximum Gasteiger partial charge on any atom is 0.431 e. The molecular formula is C24H38N4O6PS+. The number of anilines is 2. The molecule has 3 unspecified atom stereocenters. The Labute approximate surface area is 214 Å². The minimum atomic E-state index is -3.67. The highest BCUT2D eigenvalue weighted by atomic mass is 32.2. The van der Waals surface area contributed by atoms with Crippen molar-refractivity contribution in [3.63, 3.8) is 0 Å². The second kappa shape index (κ2) is 9.67. The first-order valence-electron chi connectivity index (χ1n) is 12.0. The van der Waals surface area contributed by atoms with Crippen molar-refractivity contribution in [2.75, 3.05) is 29.4 Å². The van der Waals surface area contributed by atoms with Crippen LogP contribution in [-0.2, 0) is 24.1 Å². The molecule has 0 aliphatic carbocycles. The number of sulfonamides is 1. The molecule has 10 nitrogen and oxygen atoms in total. The molecule has 1 aromatic rings. The summed E-state index contributed by atoms with van der Waals surface area (Å²) in [7, 11) is -7.21. The predicted molar refractivity (Wildman–Crippen MR) is 144 cm³/mol. The molecule has 2 aliphatic rings. The van der Waals surface area contributed by atoms with Gasteiger partial charge in [-0.25, -0.2) is 8.42 Å². The lowest BCUT2D eigenvalue weighted by Gasteiger charge is -2.38. The van der Waals surface area contributed by atoms with E-state index in [1.807, 2.05) is 13.8 Å². The zero-order valence-electron chi connectivity index (χ0n) is 22.2. The lowest BCUT2D eigenvalue weighted by molar-refractivity contribution is -0.134. The van der Waals surface area contributed by atoms with Gasteiger partial charge in [-0.15, -0.1) is 0 Å². The molecule has 2 heterocycles. The number of nitrogens with one attached hydrogen (secondary N) is 2. The minimum Gasteiger partial charge on any atom is -0.336 e. The molecule has 0 bridgehead atoms. The third-order valence-electron chi connectivity index (χ3n) is 6.75. The fourth-order valence-corrected chi connectivity index (χ4v) is 6.90. The number of likely N-dealkylation sites (tertiary alicyclic amines) is 1. The lowest BCUT2D eigenvalue weighted by Crippen LogP contribution is -2.52. The third-order valence-corrected chi connectivity index (χ3v) is 9.46. The summed E-state index contributed by atoms with van der Waals surface area (Å²) in [5.41, 5.74) is -0.410. The Hall–Kier alpha value is -2.07. The van der Waals surface area contributed by atoms with Gasteiger partial charge in [0, 0.05) is 12.6 Å². The van der Waals surface area contributed by atoms with Crippen molar-refractivity contribution in [2.45, 2.75) is 60.4 Å². The maximum absolute atomic E-state index is 13.8. The Kier molecular flexibility index (Phi) is 7.65. The molecule has 1 saturated heterocycles. The summed E-state index contributed by atoms with van der Waals surface area (Å²) < 4.78 is 35.9. The number of amides is 1. The second-order valence-electron chi connectivity index (χ2n) is 11.1. The molecule has 0 radical (unpaired) electrons. The number of carbonyl (C=O) groups is 2. The van der Waals surface area contributed by atoms with E-state index in [2.05, 4.69) is 35.6 Å². The van der Waals surface area contributed by atoms with Gasteiger partial charge in [0.05, 0.1) is 24.2 Å². The fourth-order valence-electron chi connectivity index (χ4n) is 4.48. The summed E-state index contributed by atoms with van der Waals surface area (Å²) in [5.74, 6) is -1.92. The topological polar surface area (TPSA) is 137 Å². The highest BCUT2D eigenvalue weighted by Crippen LogP contribution is 2.60. The molecule has 3 rings (SSSR count). The second-order valence-corrected chi connectivity index (χ2v) is 14.9. The van der Waals surface area contributed by atoms with Gasteiger partial charge in [-0.1, -0.05) is 34.6 Å². The highest BCUT2D eigenvalue weighted by Gasteiger charge is 2.61. The molecule has 0 spiro atoms. The monoisotopic (exact) mass is 541 g/mol. The normalized spacial score (nSPS) is 26.7. The number of rotatable bonds is 8. The van der Waals surface area contributed by atoms with Gasteiger partial charge in [0.25, 0.3) is 0 Å². The van der Waals surface area contributed by atoms with Crippen molar-refractivity contribution >= 4 is 52.1 Å². The van der Waals surface area contributed by atoms with Crippen molar-refractivity contribution in [2.24, 2.45) is 22.0 Å². The highest BCUT2D eigenvalue weighted by molar-refractivity contribution is 7.92. The first kappa shape index (κ1) is 28.5. The average Bonchev–Trinajstić information content (AvgIpc) is 2.91. The first-order chi connectivity index (χ1) is 16.4. The molecule has 2 aliphatic heterocycles. The van der Waals surface area contributed by atoms with Crippen molar-refractivity contribution < 1.29 is 27.4 Å². The molecule has 3 N–H and O–H groups in total. The Bertz CT molecular complexity index is 1200. The van der Waals surface area contributed by atoms with Gasteiger partial charge in [-0.05, 0) is 48.5 Å². The van der Waals surface area contributed by atoms with Crippen LogP contribution in [0.5, 0.6) is 0 Å². The smallest absolute Gasteiger partial charge is 0.336 e. The molecular weight excluding hydrogens is 503 g/mol. The number of Topliss-reactive ketones (excluding diaryl/α,β-unsaturated/α-hetero) is 1. The summed E-state index contributed by atoms with van der Waals surface area (Å²) in [5, 5.41) is 3.34. The van der Waals surface area contributed by atoms with Crippen LogP contribution in [0.15, 0.2) is 23.0 Å². The van der Waals surface area contributed by atoms with Gasteiger partial charge in [-0.2, -0.15) is 9.42 Å². The van der Waals surface area contributed by atoms with E-state index in [-0.39, 0.29) is 46.5 Å². The van der Waals surface area contributed by atoms with E-state index in [0.717, 1.165) is 12.7 Å². The Balaban J connectivity index is 2.07. The van der Waals surface area contributed by atoms with E-state index in [4.69, 9.17) is 4.52 Å². The molecule has 0 aromatic heterocycles. The van der Waals surface area contributed by atoms with Gasteiger partial charge >= 0.3 is 7.87 Å². The summed E-state index contributed by atoms with van der Waals surface area (Å²) in [6.45, 7) is 14.1. The molecule has 3 atom stereocenters. The predicted octanol–water partition coefficient (Wildman–Crippen LogP) is 3.18. The van der Waals surface area contributed by atoms with Gasteiger partial charge in [-0.3, -0.25) is 14.3 Å². The van der Waals surface area contributed by atoms with Crippen molar-refractivity contribution in [3.8, 4) is 0 Å². The standard InChI is InChI=1S/C24H38N4O6PS/c1-9-34-35(31)18-14-16(27-36(8,32)33)10-11-17(18)25-21(26-35)19-20(29)24(7,15(2)3)28(22(19)30)13-12-23(4,5)6/h10-11,14-15,19,27,31H,9,12-13H2,1-8H3,(H,25,26)/q+1. The summed E-state index contributed by atoms with van der Waals surface area (Å²) >= 11 is 0. The van der Waals surface area contributed by atoms with Crippen LogP contribution in [-0.4, -0.2) is 60.7 Å². The Morgan fingerprint density at radius 3 is 2.47 bits per heavy atom. The summed E-state index contributed by atoms with van der Waals surface area (Å²) in [6, 6.07) is 4.56. The molecule has 1 fully saturated rings. The average molecular weight is 542 g/mol. The van der Waals surface area contributed by atoms with Gasteiger partial charge in [0.15, 0.2) is 17.5 Å². The SMILES string of the molecule is CCO[P+]1(O)N=C(C2C(=O)N(CCC(C)(C)C)C(C)(C(C)C)C2=O)Nc2ccc(NS(C)(=O)=O)cc21. The molecule has 36 heavy (non-hydrogen) atoms. The van der Waals surface area contributed by atoms with E-state index < -0.39 is 29.3 Å². The molecule has 0 saturated carbocycles. The van der Waals surface area contributed by atoms with Crippen LogP contribution in [0.1, 0.15) is 54.9 Å². The van der Waals surface area contributed by atoms with Gasteiger partial charge < -0.3 is 10.2 Å². The van der Waals surface area contributed by atoms with Crippen LogP contribution in [0.4, 0.5) is 11.4 Å². The van der Waals surface area contributed by atoms with Crippen LogP contribution in [0, 0.1) is 17.3 Å². The van der Waals surface area contributed by atoms with Gasteiger partial charge in [0.2, 0.25) is 21.2 Å². The third kappa shape index (κ3) is 5.44. The largest absolute Gasteiger partial charge is 0.431 e. The van der Waals surface area contributed by atoms with Crippen molar-refractivity contribution in [1.29, 1.82) is 0 Å². The summed E-state index contributed by atoms with van der Waals surface area (Å²) in [6.07, 6.45) is 1.75. The maximum atomic E-state index is 13.8. The number of benzene rings is 1. The zero-order chi connectivity index (χ0) is 27.3. The molecule has 1 amide bonds. The number of hydrogen-bond donors (Lipinski definition) is 3. The zero-order valence-corrected chi connectivity index (χ0v) is 24.0. The van der Waals surface area contributed by atoms with Crippen LogP contribution < -0.4 is 15.3 Å². The number of ketones is 1. The number of fused-ring (bicyclic) bond motifs is 1. The lowest BCUT2D eigenvalue weighted by atomic mass is 9.81. The summed E-state index contributed by atoms with van der Waals surface area (Å²) in [4.78, 5) is 40.7. The van der Waals surface area contributed by atoms with E-state index in [1.54, 1.807) is 24.8 Å². The number of amidine groups is 1. The Morgan fingerprint density at radius 2 is 1.94 bits per heavy atom. The minimum absolute atomic E-state index is 0.0304. The fraction of sp³-hybridized carbons (Fsp3) is 0.625. The van der Waals surface area contributed by atoms with E-state index in [1.165, 1.54) is 12.1 Å². The van der Waals surface area contributed by atoms with E-state index in [9.17, 15) is 22.9 Å². The van der Waals surface area contributed by atoms with E-state index >= 15 is 0 Å². The van der Waals surface area contributed by atoms with Gasteiger partial charge in [0.1, 0.15) is 5.54 Å². The van der Waals surface area contributed by atoms with Crippen LogP contribution >= 0.6 is 7.87 Å². The molecule has 12 heteroatoms. The molecule has 1 aromatic carbocycles. The first-order valence-corrected chi connectivity index (χ1v) is 15.5. The van der Waals surface area contributed by atoms with Crippen LogP contribution in [0.3, 0.4) is 0 Å². The Morgan fingerprint density at radius 1 is 1.31 bits per heavy atom. The quantitative estimate of drug-likeness (QED) is 0.340. The van der Waals surface area contributed by atoms with Crippen molar-refractivity contribution in [1.82, 2.24) is 4.90 Å². The van der Waals surface area contributed by atoms with Crippen LogP contribution in [0.2, 0.25) is 0 Å². The van der Waals surface area contributed by atoms with Crippen LogP contribution in [0.25, 0.3) is 0 Å². The number of carbonyl (C=O) groups excluding carboxylic acids is 2. The molecule has 200 valence electrons. The van der Waals surface area contributed by atoms with E-state index in [0.29, 0.717) is 12.2 Å².